The van der Waals surface area contributed by atoms with Gasteiger partial charge < -0.3 is 14.4 Å². The summed E-state index contributed by atoms with van der Waals surface area (Å²) in [5.74, 6) is -0.789. The van der Waals surface area contributed by atoms with Crippen LogP contribution in [-0.2, 0) is 26.7 Å². The minimum absolute atomic E-state index is 0.0413. The molecule has 3 rings (SSSR count). The molecular weight excluding hydrogens is 420 g/mol. The van der Waals surface area contributed by atoms with E-state index < -0.39 is 26.2 Å². The van der Waals surface area contributed by atoms with Gasteiger partial charge in [0.15, 0.2) is 0 Å². The predicted molar refractivity (Wildman–Crippen MR) is 107 cm³/mol. The number of aliphatic hydroxyl groups excluding tert-OH is 1. The second-order valence-corrected chi connectivity index (χ2v) is 9.61. The lowest BCUT2D eigenvalue weighted by Gasteiger charge is -2.16. The van der Waals surface area contributed by atoms with Gasteiger partial charge in [-0.2, -0.15) is 16.8 Å². The molecule has 0 fully saturated rings. The zero-order valence-corrected chi connectivity index (χ0v) is 17.1. The summed E-state index contributed by atoms with van der Waals surface area (Å²) in [6, 6.07) is 11.0. The van der Waals surface area contributed by atoms with Gasteiger partial charge in [-0.25, -0.2) is 9.03 Å². The molecule has 156 valence electrons. The van der Waals surface area contributed by atoms with Crippen LogP contribution < -0.4 is 13.2 Å². The van der Waals surface area contributed by atoms with Crippen LogP contribution >= 0.6 is 0 Å². The molecule has 1 aliphatic rings. The quantitative estimate of drug-likeness (QED) is 0.562. The lowest BCUT2D eigenvalue weighted by atomic mass is 10.0. The summed E-state index contributed by atoms with van der Waals surface area (Å²) in [5.41, 5.74) is 1.15. The van der Waals surface area contributed by atoms with E-state index in [1.165, 1.54) is 12.1 Å². The highest BCUT2D eigenvalue weighted by atomic mass is 32.2. The van der Waals surface area contributed by atoms with Crippen molar-refractivity contribution < 1.29 is 31.2 Å². The average Bonchev–Trinajstić information content (AvgIpc) is 2.88. The van der Waals surface area contributed by atoms with E-state index in [9.17, 15) is 27.0 Å². The first-order chi connectivity index (χ1) is 13.6. The Balaban J connectivity index is 1.87. The Kier molecular flexibility index (Phi) is 5.62. The van der Waals surface area contributed by atoms with Crippen molar-refractivity contribution >= 4 is 26.0 Å². The third-order valence-corrected chi connectivity index (χ3v) is 6.68. The molecule has 0 saturated heterocycles. The smallest absolute Gasteiger partial charge is 0.330 e. The normalized spacial score (nSPS) is 15.6. The highest BCUT2D eigenvalue weighted by molar-refractivity contribution is 7.91. The zero-order valence-electron chi connectivity index (χ0n) is 15.4. The van der Waals surface area contributed by atoms with E-state index in [1.54, 1.807) is 37.3 Å². The monoisotopic (exact) mass is 440 g/mol. The molecule has 1 aliphatic heterocycles. The number of phenols is 1. The third-order valence-electron chi connectivity index (χ3n) is 4.05. The zero-order chi connectivity index (χ0) is 21.2. The third kappa shape index (κ3) is 4.74. The molecular formula is C18H20N2O7S2. The second-order valence-electron chi connectivity index (χ2n) is 6.37. The molecule has 3 N–H and O–H groups in total. The molecule has 0 spiro atoms. The van der Waals surface area contributed by atoms with Crippen molar-refractivity contribution in [3.05, 3.63) is 65.7 Å². The molecule has 9 nitrogen and oxygen atoms in total. The van der Waals surface area contributed by atoms with Crippen molar-refractivity contribution in [2.24, 2.45) is 0 Å². The van der Waals surface area contributed by atoms with Crippen LogP contribution in [0.2, 0.25) is 0 Å². The van der Waals surface area contributed by atoms with Gasteiger partial charge in [0.25, 0.3) is 0 Å². The maximum Gasteiger partial charge on any atom is 0.330 e. The van der Waals surface area contributed by atoms with Crippen molar-refractivity contribution in [1.82, 2.24) is 4.72 Å². The van der Waals surface area contributed by atoms with Gasteiger partial charge in [-0.3, -0.25) is 0 Å². The molecule has 0 aromatic heterocycles. The molecule has 2 aromatic rings. The summed E-state index contributed by atoms with van der Waals surface area (Å²) in [6.07, 6.45) is 1.61. The summed E-state index contributed by atoms with van der Waals surface area (Å²) in [4.78, 5) is 0. The molecule has 0 atom stereocenters. The van der Waals surface area contributed by atoms with Gasteiger partial charge in [-0.05, 0) is 30.2 Å². The Hall–Kier alpha value is -2.92. The van der Waals surface area contributed by atoms with Crippen LogP contribution in [0.25, 0.3) is 0 Å². The van der Waals surface area contributed by atoms with Crippen LogP contribution in [0.15, 0.2) is 54.5 Å². The summed E-state index contributed by atoms with van der Waals surface area (Å²) in [7, 11) is -7.73. The standard InChI is InChI=1S/C18H20N2O7S2/c1-2-9-28(23,24)27-17-6-4-3-5-14(17)10-13-7-8-15(16(21)11-13)20-12-18(22)19-29(20,25)26/h3-8,11-12,19,21-22H,2,9-10H2,1H3. The molecule has 1 heterocycles. The molecule has 2 aromatic carbocycles. The number of hydrogen-bond acceptors (Lipinski definition) is 7. The SMILES string of the molecule is CCCS(=O)(=O)Oc1ccccc1Cc1ccc(N2C=C(O)NS2(=O)=O)c(O)c1. The Morgan fingerprint density at radius 1 is 1.14 bits per heavy atom. The Morgan fingerprint density at radius 2 is 1.86 bits per heavy atom. The minimum Gasteiger partial charge on any atom is -0.506 e. The van der Waals surface area contributed by atoms with E-state index in [1.807, 2.05) is 4.72 Å². The van der Waals surface area contributed by atoms with Gasteiger partial charge in [-0.15, -0.1) is 0 Å². The Labute approximate surface area is 169 Å². The largest absolute Gasteiger partial charge is 0.506 e. The van der Waals surface area contributed by atoms with Crippen LogP contribution in [-0.4, -0.2) is 32.8 Å². The lowest BCUT2D eigenvalue weighted by Crippen LogP contribution is -2.29. The molecule has 0 saturated carbocycles. The second kappa shape index (κ2) is 7.84. The molecule has 0 radical (unpaired) electrons. The summed E-state index contributed by atoms with van der Waals surface area (Å²) in [6.45, 7) is 1.74. The highest BCUT2D eigenvalue weighted by Crippen LogP contribution is 2.33. The fraction of sp³-hybridized carbons (Fsp3) is 0.222. The number of nitrogens with zero attached hydrogens (tertiary/aromatic N) is 1. The maximum atomic E-state index is 12.0. The van der Waals surface area contributed by atoms with Gasteiger partial charge in [0.2, 0.25) is 5.88 Å². The highest BCUT2D eigenvalue weighted by Gasteiger charge is 2.30. The average molecular weight is 440 g/mol. The molecule has 11 heteroatoms. The number of hydrogen-bond donors (Lipinski definition) is 3. The molecule has 0 bridgehead atoms. The number of nitrogens with one attached hydrogen (secondary N) is 1. The molecule has 29 heavy (non-hydrogen) atoms. The lowest BCUT2D eigenvalue weighted by molar-refractivity contribution is 0.392. The number of anilines is 1. The number of para-hydroxylation sites is 1. The number of phenolic OH excluding ortho intramolecular Hbond substituents is 1. The summed E-state index contributed by atoms with van der Waals surface area (Å²) in [5, 5.41) is 19.7. The predicted octanol–water partition coefficient (Wildman–Crippen LogP) is 2.11. The topological polar surface area (TPSA) is 133 Å². The van der Waals surface area contributed by atoms with E-state index >= 15 is 0 Å². The van der Waals surface area contributed by atoms with Gasteiger partial charge in [-0.1, -0.05) is 31.2 Å². The Bertz CT molecular complexity index is 1160. The van der Waals surface area contributed by atoms with Gasteiger partial charge in [0.05, 0.1) is 12.0 Å². The molecule has 0 unspecified atom stereocenters. The van der Waals surface area contributed by atoms with Crippen molar-refractivity contribution in [3.63, 3.8) is 0 Å². The molecule has 0 aliphatic carbocycles. The first-order valence-electron chi connectivity index (χ1n) is 8.66. The maximum absolute atomic E-state index is 12.0. The van der Waals surface area contributed by atoms with Crippen molar-refractivity contribution in [2.45, 2.75) is 19.8 Å². The minimum atomic E-state index is -4.02. The van der Waals surface area contributed by atoms with E-state index in [0.717, 1.165) is 10.5 Å². The van der Waals surface area contributed by atoms with E-state index in [2.05, 4.69) is 0 Å². The fourth-order valence-electron chi connectivity index (χ4n) is 2.83. The van der Waals surface area contributed by atoms with Crippen LogP contribution in [0.3, 0.4) is 0 Å². The first-order valence-corrected chi connectivity index (χ1v) is 11.7. The Morgan fingerprint density at radius 3 is 2.48 bits per heavy atom. The van der Waals surface area contributed by atoms with E-state index in [-0.39, 0.29) is 29.4 Å². The van der Waals surface area contributed by atoms with E-state index in [0.29, 0.717) is 17.5 Å². The van der Waals surface area contributed by atoms with Crippen LogP contribution in [0, 0.1) is 0 Å². The fourth-order valence-corrected chi connectivity index (χ4v) is 4.92. The van der Waals surface area contributed by atoms with Gasteiger partial charge >= 0.3 is 20.3 Å². The van der Waals surface area contributed by atoms with Crippen LogP contribution in [0.5, 0.6) is 11.5 Å². The van der Waals surface area contributed by atoms with Crippen molar-refractivity contribution in [1.29, 1.82) is 0 Å². The number of benzene rings is 2. The molecule has 0 amide bonds. The van der Waals surface area contributed by atoms with Gasteiger partial charge in [0.1, 0.15) is 17.2 Å². The summed E-state index contributed by atoms with van der Waals surface area (Å²) >= 11 is 0. The van der Waals surface area contributed by atoms with Crippen molar-refractivity contribution in [3.8, 4) is 11.5 Å². The van der Waals surface area contributed by atoms with Crippen LogP contribution in [0.1, 0.15) is 24.5 Å². The number of rotatable bonds is 7. The van der Waals surface area contributed by atoms with E-state index in [4.69, 9.17) is 4.18 Å². The number of aromatic hydroxyl groups is 1. The summed E-state index contributed by atoms with van der Waals surface area (Å²) < 4.78 is 55.7. The van der Waals surface area contributed by atoms with Gasteiger partial charge in [0, 0.05) is 12.0 Å². The van der Waals surface area contributed by atoms with Crippen LogP contribution in [0.4, 0.5) is 5.69 Å². The first kappa shape index (κ1) is 20.8. The number of aliphatic hydroxyl groups is 1. The van der Waals surface area contributed by atoms with Crippen molar-refractivity contribution in [2.75, 3.05) is 10.1 Å².